The van der Waals surface area contributed by atoms with Crippen molar-refractivity contribution >= 4 is 31.9 Å². The molecular formula is C17H22Br2O2. The van der Waals surface area contributed by atoms with E-state index in [9.17, 15) is 5.11 Å². The van der Waals surface area contributed by atoms with Crippen molar-refractivity contribution in [3.63, 3.8) is 0 Å². The predicted octanol–water partition coefficient (Wildman–Crippen LogP) is 5.37. The van der Waals surface area contributed by atoms with Crippen LogP contribution in [0.4, 0.5) is 0 Å². The number of aliphatic hydroxyl groups excluding tert-OH is 1. The van der Waals surface area contributed by atoms with Crippen LogP contribution < -0.4 is 0 Å². The Bertz CT molecular complexity index is 492. The third-order valence-corrected chi connectivity index (χ3v) is 6.91. The van der Waals surface area contributed by atoms with Crippen LogP contribution in [0.15, 0.2) is 27.1 Å². The quantitative estimate of drug-likeness (QED) is 0.700. The van der Waals surface area contributed by atoms with Crippen LogP contribution in [0.3, 0.4) is 0 Å². The van der Waals surface area contributed by atoms with Gasteiger partial charge in [0, 0.05) is 15.6 Å². The Kier molecular flexibility index (Phi) is 5.09. The van der Waals surface area contributed by atoms with Gasteiger partial charge in [-0.25, -0.2) is 0 Å². The second-order valence-corrected chi connectivity index (χ2v) is 8.17. The number of rotatable bonds is 2. The molecule has 1 saturated carbocycles. The van der Waals surface area contributed by atoms with Crippen LogP contribution in [-0.4, -0.2) is 17.3 Å². The van der Waals surface area contributed by atoms with Crippen molar-refractivity contribution in [3.05, 3.63) is 32.7 Å². The van der Waals surface area contributed by atoms with E-state index in [1.165, 1.54) is 32.1 Å². The summed E-state index contributed by atoms with van der Waals surface area (Å²) in [4.78, 5) is 0. The molecule has 1 heterocycles. The summed E-state index contributed by atoms with van der Waals surface area (Å²) in [6.45, 7) is 0.791. The van der Waals surface area contributed by atoms with Crippen molar-refractivity contribution in [2.45, 2.75) is 56.7 Å². The van der Waals surface area contributed by atoms with Gasteiger partial charge in [0.15, 0.2) is 0 Å². The second kappa shape index (κ2) is 6.69. The van der Waals surface area contributed by atoms with Crippen LogP contribution in [0.5, 0.6) is 0 Å². The minimum Gasteiger partial charge on any atom is -0.388 e. The number of halogens is 2. The Hall–Kier alpha value is 0.1000. The van der Waals surface area contributed by atoms with E-state index < -0.39 is 6.10 Å². The zero-order valence-electron chi connectivity index (χ0n) is 12.2. The molecule has 4 heteroatoms. The molecule has 1 N–H and O–H groups in total. The predicted molar refractivity (Wildman–Crippen MR) is 91.3 cm³/mol. The van der Waals surface area contributed by atoms with Crippen molar-refractivity contribution in [1.82, 2.24) is 0 Å². The van der Waals surface area contributed by atoms with Crippen LogP contribution in [-0.2, 0) is 4.74 Å². The lowest BCUT2D eigenvalue weighted by molar-refractivity contribution is -0.134. The molecule has 0 aromatic heterocycles. The minimum atomic E-state index is -0.392. The summed E-state index contributed by atoms with van der Waals surface area (Å²) in [5.41, 5.74) is 1.05. The van der Waals surface area contributed by atoms with E-state index >= 15 is 0 Å². The third-order valence-electron chi connectivity index (χ3n) is 5.03. The van der Waals surface area contributed by atoms with E-state index in [-0.39, 0.29) is 5.60 Å². The van der Waals surface area contributed by atoms with Gasteiger partial charge in [0.25, 0.3) is 0 Å². The molecule has 116 valence electrons. The van der Waals surface area contributed by atoms with Crippen LogP contribution in [0.1, 0.15) is 56.6 Å². The SMILES string of the molecule is OC(c1ccc(Br)c(Br)c1)C1CCOC2(CCCCC2)C1. The van der Waals surface area contributed by atoms with Gasteiger partial charge in [0.05, 0.1) is 11.7 Å². The molecule has 0 bridgehead atoms. The first-order valence-electron chi connectivity index (χ1n) is 7.87. The molecular weight excluding hydrogens is 396 g/mol. The van der Waals surface area contributed by atoms with Crippen LogP contribution >= 0.6 is 31.9 Å². The maximum Gasteiger partial charge on any atom is 0.0820 e. The van der Waals surface area contributed by atoms with E-state index in [0.717, 1.165) is 34.0 Å². The number of ether oxygens (including phenoxy) is 1. The fraction of sp³-hybridized carbons (Fsp3) is 0.647. The molecule has 0 radical (unpaired) electrons. The summed E-state index contributed by atoms with van der Waals surface area (Å²) < 4.78 is 8.16. The summed E-state index contributed by atoms with van der Waals surface area (Å²) in [5.74, 6) is 0.310. The van der Waals surface area contributed by atoms with Gasteiger partial charge in [-0.1, -0.05) is 25.3 Å². The first-order chi connectivity index (χ1) is 10.1. The smallest absolute Gasteiger partial charge is 0.0820 e. The van der Waals surface area contributed by atoms with Gasteiger partial charge in [-0.05, 0) is 81.2 Å². The first kappa shape index (κ1) is 16.0. The van der Waals surface area contributed by atoms with Gasteiger partial charge in [0.1, 0.15) is 0 Å². The van der Waals surface area contributed by atoms with Crippen molar-refractivity contribution in [1.29, 1.82) is 0 Å². The highest BCUT2D eigenvalue weighted by molar-refractivity contribution is 9.13. The van der Waals surface area contributed by atoms with Crippen molar-refractivity contribution in [2.24, 2.45) is 5.92 Å². The normalized spacial score (nSPS) is 26.7. The molecule has 2 nitrogen and oxygen atoms in total. The molecule has 2 aliphatic rings. The Labute approximate surface area is 143 Å². The van der Waals surface area contributed by atoms with Gasteiger partial charge in [0.2, 0.25) is 0 Å². The van der Waals surface area contributed by atoms with Crippen molar-refractivity contribution < 1.29 is 9.84 Å². The van der Waals surface area contributed by atoms with E-state index in [0.29, 0.717) is 5.92 Å². The standard InChI is InChI=1S/C17H22Br2O2/c18-14-5-4-12(10-15(14)19)16(20)13-6-9-21-17(11-13)7-2-1-3-8-17/h4-5,10,13,16,20H,1-3,6-9,11H2. The third kappa shape index (κ3) is 3.54. The van der Waals surface area contributed by atoms with Gasteiger partial charge >= 0.3 is 0 Å². The highest BCUT2D eigenvalue weighted by atomic mass is 79.9. The summed E-state index contributed by atoms with van der Waals surface area (Å²) in [5, 5.41) is 10.8. The maximum atomic E-state index is 10.8. The fourth-order valence-electron chi connectivity index (χ4n) is 3.85. The number of aliphatic hydroxyl groups is 1. The Morgan fingerprint density at radius 2 is 1.90 bits per heavy atom. The molecule has 2 atom stereocenters. The van der Waals surface area contributed by atoms with E-state index in [1.54, 1.807) is 0 Å². The second-order valence-electron chi connectivity index (χ2n) is 6.46. The zero-order chi connectivity index (χ0) is 14.9. The van der Waals surface area contributed by atoms with Crippen molar-refractivity contribution in [3.8, 4) is 0 Å². The molecule has 1 aliphatic heterocycles. The Morgan fingerprint density at radius 1 is 1.14 bits per heavy atom. The van der Waals surface area contributed by atoms with E-state index in [4.69, 9.17) is 4.74 Å². The average Bonchev–Trinajstić information content (AvgIpc) is 2.50. The molecule has 1 spiro atoms. The van der Waals surface area contributed by atoms with Gasteiger partial charge in [-0.15, -0.1) is 0 Å². The highest BCUT2D eigenvalue weighted by Crippen LogP contribution is 2.44. The number of benzene rings is 1. The highest BCUT2D eigenvalue weighted by Gasteiger charge is 2.40. The fourth-order valence-corrected chi connectivity index (χ4v) is 4.49. The van der Waals surface area contributed by atoms with E-state index in [2.05, 4.69) is 31.9 Å². The molecule has 1 saturated heterocycles. The van der Waals surface area contributed by atoms with E-state index in [1.807, 2.05) is 18.2 Å². The molecule has 2 unspecified atom stereocenters. The molecule has 1 aliphatic carbocycles. The maximum absolute atomic E-state index is 10.8. The minimum absolute atomic E-state index is 0.0503. The summed E-state index contributed by atoms with van der Waals surface area (Å²) in [6, 6.07) is 6.04. The van der Waals surface area contributed by atoms with Crippen LogP contribution in [0, 0.1) is 5.92 Å². The van der Waals surface area contributed by atoms with Crippen LogP contribution in [0.2, 0.25) is 0 Å². The average molecular weight is 418 g/mol. The summed E-state index contributed by atoms with van der Waals surface area (Å²) in [7, 11) is 0. The molecule has 3 rings (SSSR count). The first-order valence-corrected chi connectivity index (χ1v) is 9.45. The monoisotopic (exact) mass is 416 g/mol. The topological polar surface area (TPSA) is 29.5 Å². The lowest BCUT2D eigenvalue weighted by Crippen LogP contribution is -2.42. The van der Waals surface area contributed by atoms with Gasteiger partial charge in [-0.2, -0.15) is 0 Å². The molecule has 1 aromatic rings. The Morgan fingerprint density at radius 3 is 2.62 bits per heavy atom. The summed E-state index contributed by atoms with van der Waals surface area (Å²) >= 11 is 7.01. The molecule has 0 amide bonds. The van der Waals surface area contributed by atoms with Crippen molar-refractivity contribution in [2.75, 3.05) is 6.61 Å². The lowest BCUT2D eigenvalue weighted by atomic mass is 9.74. The zero-order valence-corrected chi connectivity index (χ0v) is 15.3. The number of hydrogen-bond acceptors (Lipinski definition) is 2. The summed E-state index contributed by atoms with van der Waals surface area (Å²) in [6.07, 6.45) is 7.77. The van der Waals surface area contributed by atoms with Gasteiger partial charge < -0.3 is 9.84 Å². The Balaban J connectivity index is 1.74. The molecule has 1 aromatic carbocycles. The largest absolute Gasteiger partial charge is 0.388 e. The lowest BCUT2D eigenvalue weighted by Gasteiger charge is -2.44. The van der Waals surface area contributed by atoms with Crippen LogP contribution in [0.25, 0.3) is 0 Å². The molecule has 2 fully saturated rings. The number of hydrogen-bond donors (Lipinski definition) is 1. The van der Waals surface area contributed by atoms with Gasteiger partial charge in [-0.3, -0.25) is 0 Å². The molecule has 21 heavy (non-hydrogen) atoms.